The zero-order chi connectivity index (χ0) is 24.2. The number of amides is 1. The Morgan fingerprint density at radius 3 is 2.74 bits per heavy atom. The minimum atomic E-state index is -1.03. The second-order valence-corrected chi connectivity index (χ2v) is 8.99. The zero-order valence-electron chi connectivity index (χ0n) is 17.8. The number of carbonyl (C=O) groups is 2. The number of halogens is 2. The first-order chi connectivity index (χ1) is 16.3. The van der Waals surface area contributed by atoms with Gasteiger partial charge >= 0.3 is 5.97 Å². The van der Waals surface area contributed by atoms with Crippen LogP contribution in [0.2, 0.25) is 10.0 Å². The molecule has 4 aromatic rings. The summed E-state index contributed by atoms with van der Waals surface area (Å²) in [5, 5.41) is 6.07. The fourth-order valence-corrected chi connectivity index (χ4v) is 4.13. The van der Waals surface area contributed by atoms with Gasteiger partial charge in [-0.25, -0.2) is 9.97 Å². The Kier molecular flexibility index (Phi) is 7.26. The molecular formula is C23H18Cl2N4O4S. The van der Waals surface area contributed by atoms with Crippen LogP contribution in [0.1, 0.15) is 19.2 Å². The highest BCUT2D eigenvalue weighted by molar-refractivity contribution is 7.14. The number of anilines is 1. The predicted octanol–water partition coefficient (Wildman–Crippen LogP) is 4.86. The molecule has 2 N–H and O–H groups in total. The van der Waals surface area contributed by atoms with E-state index in [0.717, 1.165) is 5.56 Å². The molecule has 2 aromatic heterocycles. The molecule has 0 radical (unpaired) electrons. The van der Waals surface area contributed by atoms with Gasteiger partial charge in [-0.1, -0.05) is 41.4 Å². The van der Waals surface area contributed by atoms with Crippen molar-refractivity contribution in [2.45, 2.75) is 25.9 Å². The Morgan fingerprint density at radius 2 is 1.94 bits per heavy atom. The SMILES string of the molecule is C[C@@H](OC(=O)CCc1nc2ccccc2c(=O)[nH]1)C(=O)Nc1nc(-c2ccc(Cl)c(Cl)c2)cs1. The highest BCUT2D eigenvalue weighted by atomic mass is 35.5. The zero-order valence-corrected chi connectivity index (χ0v) is 20.1. The molecule has 0 bridgehead atoms. The summed E-state index contributed by atoms with van der Waals surface area (Å²) in [7, 11) is 0. The molecule has 174 valence electrons. The summed E-state index contributed by atoms with van der Waals surface area (Å²) >= 11 is 13.2. The number of H-pyrrole nitrogens is 1. The summed E-state index contributed by atoms with van der Waals surface area (Å²) in [6.07, 6.45) is -0.905. The van der Waals surface area contributed by atoms with Crippen molar-refractivity contribution in [3.05, 3.63) is 74.1 Å². The van der Waals surface area contributed by atoms with E-state index in [1.807, 2.05) is 0 Å². The number of thiazole rings is 1. The molecule has 1 atom stereocenters. The van der Waals surface area contributed by atoms with E-state index in [0.29, 0.717) is 37.6 Å². The van der Waals surface area contributed by atoms with Crippen LogP contribution >= 0.6 is 34.5 Å². The molecule has 0 aliphatic heterocycles. The van der Waals surface area contributed by atoms with E-state index in [9.17, 15) is 14.4 Å². The quantitative estimate of drug-likeness (QED) is 0.339. The smallest absolute Gasteiger partial charge is 0.307 e. The monoisotopic (exact) mass is 516 g/mol. The summed E-state index contributed by atoms with van der Waals surface area (Å²) in [5.41, 5.74) is 1.66. The molecule has 2 heterocycles. The number of rotatable bonds is 7. The number of nitrogens with zero attached hydrogens (tertiary/aromatic N) is 2. The minimum absolute atomic E-state index is 0.0440. The van der Waals surface area contributed by atoms with Crippen LogP contribution in [-0.4, -0.2) is 32.9 Å². The number of hydrogen-bond donors (Lipinski definition) is 2. The molecule has 34 heavy (non-hydrogen) atoms. The van der Waals surface area contributed by atoms with Crippen molar-refractivity contribution in [1.29, 1.82) is 0 Å². The predicted molar refractivity (Wildman–Crippen MR) is 132 cm³/mol. The van der Waals surface area contributed by atoms with Gasteiger partial charge in [0.2, 0.25) is 0 Å². The topological polar surface area (TPSA) is 114 Å². The number of aromatic amines is 1. The Morgan fingerprint density at radius 1 is 1.15 bits per heavy atom. The standard InChI is InChI=1S/C23H18Cl2N4O4S/c1-12(21(31)29-23-27-18(11-34-23)13-6-7-15(24)16(25)10-13)33-20(30)9-8-19-26-17-5-3-2-4-14(17)22(32)28-19/h2-7,10-12H,8-9H2,1H3,(H,26,28,32)(H,27,29,31)/t12-/m1/s1. The van der Waals surface area contributed by atoms with Crippen molar-refractivity contribution in [3.8, 4) is 11.3 Å². The van der Waals surface area contributed by atoms with Crippen LogP contribution < -0.4 is 10.9 Å². The highest BCUT2D eigenvalue weighted by Crippen LogP contribution is 2.30. The van der Waals surface area contributed by atoms with Crippen LogP contribution in [0.4, 0.5) is 5.13 Å². The van der Waals surface area contributed by atoms with Crippen molar-refractivity contribution in [2.24, 2.45) is 0 Å². The van der Waals surface area contributed by atoms with Gasteiger partial charge in [-0.3, -0.25) is 19.7 Å². The van der Waals surface area contributed by atoms with E-state index in [4.69, 9.17) is 27.9 Å². The molecule has 0 saturated carbocycles. The molecule has 0 aliphatic carbocycles. The minimum Gasteiger partial charge on any atom is -0.453 e. The van der Waals surface area contributed by atoms with Crippen LogP contribution in [0.25, 0.3) is 22.2 Å². The molecule has 0 fully saturated rings. The van der Waals surface area contributed by atoms with Crippen molar-refractivity contribution < 1.29 is 14.3 Å². The van der Waals surface area contributed by atoms with E-state index in [2.05, 4.69) is 20.3 Å². The number of carbonyl (C=O) groups excluding carboxylic acids is 2. The molecule has 11 heteroatoms. The van der Waals surface area contributed by atoms with Crippen LogP contribution in [0, 0.1) is 0 Å². The lowest BCUT2D eigenvalue weighted by Crippen LogP contribution is -2.30. The van der Waals surface area contributed by atoms with Gasteiger partial charge in [0.25, 0.3) is 11.5 Å². The summed E-state index contributed by atoms with van der Waals surface area (Å²) in [4.78, 5) is 48.2. The largest absolute Gasteiger partial charge is 0.453 e. The number of aromatic nitrogens is 3. The molecule has 0 aliphatic rings. The number of benzene rings is 2. The molecule has 1 amide bonds. The Labute approximate surface area is 207 Å². The molecule has 0 saturated heterocycles. The molecular weight excluding hydrogens is 499 g/mol. The van der Waals surface area contributed by atoms with Gasteiger partial charge < -0.3 is 9.72 Å². The summed E-state index contributed by atoms with van der Waals surface area (Å²) < 4.78 is 5.22. The number of ether oxygens (including phenoxy) is 1. The van der Waals surface area contributed by atoms with Crippen molar-refractivity contribution in [2.75, 3.05) is 5.32 Å². The maximum atomic E-state index is 12.4. The first-order valence-electron chi connectivity index (χ1n) is 10.2. The van der Waals surface area contributed by atoms with Crippen LogP contribution in [-0.2, 0) is 20.7 Å². The fraction of sp³-hybridized carbons (Fsp3) is 0.174. The van der Waals surface area contributed by atoms with E-state index in [-0.39, 0.29) is 18.4 Å². The lowest BCUT2D eigenvalue weighted by molar-refractivity contribution is -0.153. The van der Waals surface area contributed by atoms with Gasteiger partial charge in [-0.05, 0) is 31.2 Å². The van der Waals surface area contributed by atoms with Crippen LogP contribution in [0.15, 0.2) is 52.6 Å². The average Bonchev–Trinajstić information content (AvgIpc) is 3.28. The summed E-state index contributed by atoms with van der Waals surface area (Å²) in [5.74, 6) is -0.731. The second kappa shape index (κ2) is 10.3. The van der Waals surface area contributed by atoms with Crippen LogP contribution in [0.3, 0.4) is 0 Å². The number of hydrogen-bond acceptors (Lipinski definition) is 7. The Bertz CT molecular complexity index is 1440. The van der Waals surface area contributed by atoms with Crippen molar-refractivity contribution >= 4 is 62.4 Å². The van der Waals surface area contributed by atoms with Crippen molar-refractivity contribution in [1.82, 2.24) is 15.0 Å². The first kappa shape index (κ1) is 23.9. The van der Waals surface area contributed by atoms with Gasteiger partial charge in [0.1, 0.15) is 5.82 Å². The lowest BCUT2D eigenvalue weighted by atomic mass is 10.2. The second-order valence-electron chi connectivity index (χ2n) is 7.32. The number of para-hydroxylation sites is 1. The van der Waals surface area contributed by atoms with E-state index < -0.39 is 18.0 Å². The third-order valence-corrected chi connectivity index (χ3v) is 6.35. The van der Waals surface area contributed by atoms with Gasteiger partial charge in [0, 0.05) is 17.4 Å². The molecule has 4 rings (SSSR count). The third-order valence-electron chi connectivity index (χ3n) is 4.85. The van der Waals surface area contributed by atoms with Gasteiger partial charge in [-0.15, -0.1) is 11.3 Å². The van der Waals surface area contributed by atoms with Gasteiger partial charge in [-0.2, -0.15) is 0 Å². The Hall–Kier alpha value is -3.27. The van der Waals surface area contributed by atoms with E-state index in [1.54, 1.807) is 47.8 Å². The Balaban J connectivity index is 1.31. The molecule has 8 nitrogen and oxygen atoms in total. The van der Waals surface area contributed by atoms with Crippen molar-refractivity contribution in [3.63, 3.8) is 0 Å². The lowest BCUT2D eigenvalue weighted by Gasteiger charge is -2.12. The average molecular weight is 517 g/mol. The normalized spacial score (nSPS) is 11.9. The van der Waals surface area contributed by atoms with E-state index >= 15 is 0 Å². The maximum Gasteiger partial charge on any atom is 0.307 e. The molecule has 0 unspecified atom stereocenters. The highest BCUT2D eigenvalue weighted by Gasteiger charge is 2.20. The van der Waals surface area contributed by atoms with Gasteiger partial charge in [0.15, 0.2) is 11.2 Å². The third kappa shape index (κ3) is 5.61. The van der Waals surface area contributed by atoms with Gasteiger partial charge in [0.05, 0.1) is 33.1 Å². The number of esters is 1. The number of fused-ring (bicyclic) bond motifs is 1. The summed E-state index contributed by atoms with van der Waals surface area (Å²) in [6.45, 7) is 1.47. The summed E-state index contributed by atoms with van der Waals surface area (Å²) in [6, 6.07) is 12.1. The van der Waals surface area contributed by atoms with E-state index in [1.165, 1.54) is 18.3 Å². The number of nitrogens with one attached hydrogen (secondary N) is 2. The maximum absolute atomic E-state index is 12.4. The first-order valence-corrected chi connectivity index (χ1v) is 11.8. The fourth-order valence-electron chi connectivity index (χ4n) is 3.11. The molecule has 0 spiro atoms. The van der Waals surface area contributed by atoms with Crippen LogP contribution in [0.5, 0.6) is 0 Å². The molecule has 2 aromatic carbocycles. The number of aryl methyl sites for hydroxylation is 1.